The summed E-state index contributed by atoms with van der Waals surface area (Å²) >= 11 is 5.44. The molecular formula is C8H13ClN2O2. The minimum absolute atomic E-state index is 0.332. The number of aliphatic hydroxyl groups excluding tert-OH is 2. The molecule has 0 saturated heterocycles. The minimum Gasteiger partial charge on any atom is -0.390 e. The smallest absolute Gasteiger partial charge is 0.108 e. The van der Waals surface area contributed by atoms with Gasteiger partial charge in [0.25, 0.3) is 0 Å². The highest BCUT2D eigenvalue weighted by molar-refractivity contribution is 6.17. The van der Waals surface area contributed by atoms with Crippen molar-refractivity contribution in [1.29, 1.82) is 0 Å². The van der Waals surface area contributed by atoms with Gasteiger partial charge in [-0.15, -0.1) is 11.6 Å². The molecule has 0 spiro atoms. The van der Waals surface area contributed by atoms with Gasteiger partial charge >= 0.3 is 0 Å². The zero-order chi connectivity index (χ0) is 9.84. The molecule has 0 saturated carbocycles. The number of hydrogen-bond donors (Lipinski definition) is 2. The highest BCUT2D eigenvalue weighted by atomic mass is 35.5. The van der Waals surface area contributed by atoms with Gasteiger partial charge in [-0.05, 0) is 6.42 Å². The molecule has 2 unspecified atom stereocenters. The molecule has 1 heterocycles. The highest BCUT2D eigenvalue weighted by Crippen LogP contribution is 2.17. The maximum Gasteiger partial charge on any atom is 0.108 e. The van der Waals surface area contributed by atoms with Crippen LogP contribution < -0.4 is 0 Å². The number of hydrogen-bond acceptors (Lipinski definition) is 3. The van der Waals surface area contributed by atoms with E-state index in [0.717, 1.165) is 0 Å². The highest BCUT2D eigenvalue weighted by Gasteiger charge is 2.18. The number of rotatable bonds is 4. The van der Waals surface area contributed by atoms with Crippen molar-refractivity contribution < 1.29 is 10.2 Å². The first-order valence-electron chi connectivity index (χ1n) is 4.05. The SMILES string of the molecule is Cn1cc(C(O)C(O)CCCl)cn1. The molecule has 0 radical (unpaired) electrons. The van der Waals surface area contributed by atoms with E-state index in [0.29, 0.717) is 17.9 Å². The van der Waals surface area contributed by atoms with Crippen LogP contribution in [0.5, 0.6) is 0 Å². The van der Waals surface area contributed by atoms with E-state index in [-0.39, 0.29) is 0 Å². The maximum absolute atomic E-state index is 9.57. The molecule has 0 amide bonds. The molecule has 0 bridgehead atoms. The van der Waals surface area contributed by atoms with Crippen molar-refractivity contribution >= 4 is 11.6 Å². The maximum atomic E-state index is 9.57. The van der Waals surface area contributed by atoms with E-state index in [2.05, 4.69) is 5.10 Å². The van der Waals surface area contributed by atoms with Crippen molar-refractivity contribution in [2.45, 2.75) is 18.6 Å². The van der Waals surface area contributed by atoms with Crippen molar-refractivity contribution in [3.05, 3.63) is 18.0 Å². The summed E-state index contributed by atoms with van der Waals surface area (Å²) in [6.07, 6.45) is 1.86. The van der Waals surface area contributed by atoms with Crippen LogP contribution in [0.3, 0.4) is 0 Å². The van der Waals surface area contributed by atoms with E-state index in [1.807, 2.05) is 0 Å². The molecule has 0 aliphatic heterocycles. The Balaban J connectivity index is 2.61. The zero-order valence-electron chi connectivity index (χ0n) is 7.39. The van der Waals surface area contributed by atoms with E-state index < -0.39 is 12.2 Å². The molecule has 2 N–H and O–H groups in total. The molecule has 74 valence electrons. The van der Waals surface area contributed by atoms with Crippen molar-refractivity contribution in [3.63, 3.8) is 0 Å². The largest absolute Gasteiger partial charge is 0.390 e. The third-order valence-corrected chi connectivity index (χ3v) is 2.05. The molecule has 0 fully saturated rings. The molecule has 13 heavy (non-hydrogen) atoms. The fourth-order valence-corrected chi connectivity index (χ4v) is 1.31. The number of aromatic nitrogens is 2. The number of aliphatic hydroxyl groups is 2. The average Bonchev–Trinajstić information content (AvgIpc) is 2.51. The zero-order valence-corrected chi connectivity index (χ0v) is 8.15. The van der Waals surface area contributed by atoms with Crippen LogP contribution in [0, 0.1) is 0 Å². The number of alkyl halides is 1. The lowest BCUT2D eigenvalue weighted by Crippen LogP contribution is -2.18. The van der Waals surface area contributed by atoms with Gasteiger partial charge in [0.05, 0.1) is 12.3 Å². The molecule has 4 nitrogen and oxygen atoms in total. The summed E-state index contributed by atoms with van der Waals surface area (Å²) in [5.74, 6) is 0.332. The third kappa shape index (κ3) is 2.69. The van der Waals surface area contributed by atoms with Crippen LogP contribution in [0.15, 0.2) is 12.4 Å². The first-order chi connectivity index (χ1) is 6.15. The third-order valence-electron chi connectivity index (χ3n) is 1.84. The van der Waals surface area contributed by atoms with Gasteiger partial charge in [-0.3, -0.25) is 4.68 Å². The number of nitrogens with zero attached hydrogens (tertiary/aromatic N) is 2. The summed E-state index contributed by atoms with van der Waals surface area (Å²) in [6.45, 7) is 0. The summed E-state index contributed by atoms with van der Waals surface area (Å²) in [7, 11) is 1.75. The Morgan fingerprint density at radius 3 is 2.77 bits per heavy atom. The lowest BCUT2D eigenvalue weighted by atomic mass is 10.1. The average molecular weight is 205 g/mol. The van der Waals surface area contributed by atoms with Crippen LogP contribution in [0.1, 0.15) is 18.1 Å². The summed E-state index contributed by atoms with van der Waals surface area (Å²) in [5.41, 5.74) is 0.611. The molecule has 1 aromatic rings. The molecule has 1 rings (SSSR count). The van der Waals surface area contributed by atoms with Crippen LogP contribution >= 0.6 is 11.6 Å². The summed E-state index contributed by atoms with van der Waals surface area (Å²) in [5, 5.41) is 22.9. The summed E-state index contributed by atoms with van der Waals surface area (Å²) in [4.78, 5) is 0. The molecule has 0 aliphatic rings. The lowest BCUT2D eigenvalue weighted by Gasteiger charge is -2.14. The van der Waals surface area contributed by atoms with Crippen molar-refractivity contribution in [3.8, 4) is 0 Å². The van der Waals surface area contributed by atoms with Crippen LogP contribution in [-0.4, -0.2) is 32.0 Å². The molecule has 2 atom stereocenters. The van der Waals surface area contributed by atoms with Gasteiger partial charge in [-0.25, -0.2) is 0 Å². The second kappa shape index (κ2) is 4.60. The molecule has 5 heteroatoms. The first kappa shape index (κ1) is 10.5. The molecule has 1 aromatic heterocycles. The van der Waals surface area contributed by atoms with Crippen LogP contribution in [-0.2, 0) is 7.05 Å². The Bertz CT molecular complexity index is 264. The second-order valence-electron chi connectivity index (χ2n) is 2.94. The molecule has 0 aliphatic carbocycles. The van der Waals surface area contributed by atoms with Crippen molar-refractivity contribution in [1.82, 2.24) is 9.78 Å². The summed E-state index contributed by atoms with van der Waals surface area (Å²) < 4.78 is 1.58. The first-order valence-corrected chi connectivity index (χ1v) is 4.59. The van der Waals surface area contributed by atoms with Crippen LogP contribution in [0.4, 0.5) is 0 Å². The fourth-order valence-electron chi connectivity index (χ4n) is 1.08. The van der Waals surface area contributed by atoms with E-state index in [1.165, 1.54) is 6.20 Å². The Labute approximate surface area is 81.8 Å². The second-order valence-corrected chi connectivity index (χ2v) is 3.32. The predicted molar refractivity (Wildman–Crippen MR) is 49.5 cm³/mol. The van der Waals surface area contributed by atoms with E-state index in [4.69, 9.17) is 11.6 Å². The number of aryl methyl sites for hydroxylation is 1. The van der Waals surface area contributed by atoms with Gasteiger partial charge in [-0.2, -0.15) is 5.10 Å². The van der Waals surface area contributed by atoms with E-state index in [9.17, 15) is 10.2 Å². The van der Waals surface area contributed by atoms with Gasteiger partial charge in [-0.1, -0.05) is 0 Å². The molecular weight excluding hydrogens is 192 g/mol. The van der Waals surface area contributed by atoms with Gasteiger partial charge in [0.15, 0.2) is 0 Å². The fraction of sp³-hybridized carbons (Fsp3) is 0.625. The Morgan fingerprint density at radius 2 is 2.31 bits per heavy atom. The van der Waals surface area contributed by atoms with Crippen molar-refractivity contribution in [2.75, 3.05) is 5.88 Å². The standard InChI is InChI=1S/C8H13ClN2O2/c1-11-5-6(4-10-11)8(13)7(12)2-3-9/h4-5,7-8,12-13H,2-3H2,1H3. The minimum atomic E-state index is -0.896. The van der Waals surface area contributed by atoms with Gasteiger partial charge < -0.3 is 10.2 Å². The van der Waals surface area contributed by atoms with Gasteiger partial charge in [0.1, 0.15) is 6.10 Å². The van der Waals surface area contributed by atoms with Gasteiger partial charge in [0.2, 0.25) is 0 Å². The van der Waals surface area contributed by atoms with E-state index in [1.54, 1.807) is 17.9 Å². The monoisotopic (exact) mass is 204 g/mol. The topological polar surface area (TPSA) is 58.3 Å². The van der Waals surface area contributed by atoms with Crippen LogP contribution in [0.2, 0.25) is 0 Å². The van der Waals surface area contributed by atoms with Crippen molar-refractivity contribution in [2.24, 2.45) is 7.05 Å². The number of halogens is 1. The predicted octanol–water partition coefficient (Wildman–Crippen LogP) is 0.443. The Morgan fingerprint density at radius 1 is 1.62 bits per heavy atom. The summed E-state index contributed by atoms with van der Waals surface area (Å²) in [6, 6.07) is 0. The normalized spacial score (nSPS) is 15.7. The molecule has 0 aromatic carbocycles. The van der Waals surface area contributed by atoms with Gasteiger partial charge in [0, 0.05) is 24.7 Å². The van der Waals surface area contributed by atoms with Crippen LogP contribution in [0.25, 0.3) is 0 Å². The van der Waals surface area contributed by atoms with E-state index >= 15 is 0 Å². The lowest BCUT2D eigenvalue weighted by molar-refractivity contribution is 0.0169. The quantitative estimate of drug-likeness (QED) is 0.700. The Hall–Kier alpha value is -0.580. The Kier molecular flexibility index (Phi) is 3.71.